The smallest absolute Gasteiger partial charge is 0.407 e. The van der Waals surface area contributed by atoms with Crippen LogP contribution in [0.4, 0.5) is 4.79 Å². The van der Waals surface area contributed by atoms with E-state index in [-0.39, 0.29) is 12.2 Å². The van der Waals surface area contributed by atoms with Crippen LogP contribution in [-0.2, 0) is 11.3 Å². The van der Waals surface area contributed by atoms with Gasteiger partial charge in [0.2, 0.25) is 0 Å². The van der Waals surface area contributed by atoms with Gasteiger partial charge in [-0.05, 0) is 36.7 Å². The fraction of sp³-hybridized carbons (Fsp3) is 0.562. The van der Waals surface area contributed by atoms with Gasteiger partial charge >= 0.3 is 6.09 Å². The van der Waals surface area contributed by atoms with Gasteiger partial charge < -0.3 is 10.1 Å². The molecule has 0 saturated heterocycles. The van der Waals surface area contributed by atoms with Gasteiger partial charge in [0.1, 0.15) is 6.10 Å². The van der Waals surface area contributed by atoms with Gasteiger partial charge in [0.05, 0.1) is 0 Å². The third kappa shape index (κ3) is 4.58. The van der Waals surface area contributed by atoms with E-state index in [1.165, 1.54) is 6.42 Å². The molecule has 3 nitrogen and oxygen atoms in total. The van der Waals surface area contributed by atoms with Gasteiger partial charge in [-0.25, -0.2) is 4.79 Å². The van der Waals surface area contributed by atoms with Crippen LogP contribution in [0.2, 0.25) is 0 Å². The standard InChI is InChI=1S/C16H23NO2/c1-16(2)10-6-9-14(11-16)19-15(18)17-12-13-7-4-3-5-8-13/h3-5,7-8,14H,6,9-12H2,1-2H3,(H,17,18)/t14-/m0/s1. The molecule has 3 heteroatoms. The molecular formula is C16H23NO2. The van der Waals surface area contributed by atoms with Gasteiger partial charge in [0, 0.05) is 6.54 Å². The first kappa shape index (κ1) is 13.9. The molecule has 0 bridgehead atoms. The van der Waals surface area contributed by atoms with E-state index >= 15 is 0 Å². The zero-order valence-corrected chi connectivity index (χ0v) is 11.8. The minimum Gasteiger partial charge on any atom is -0.446 e. The number of benzene rings is 1. The van der Waals surface area contributed by atoms with Crippen LogP contribution in [-0.4, -0.2) is 12.2 Å². The Morgan fingerprint density at radius 3 is 2.79 bits per heavy atom. The largest absolute Gasteiger partial charge is 0.446 e. The Balaban J connectivity index is 1.75. The summed E-state index contributed by atoms with van der Waals surface area (Å²) in [5.41, 5.74) is 1.38. The Morgan fingerprint density at radius 2 is 2.11 bits per heavy atom. The molecule has 2 rings (SSSR count). The number of carbonyl (C=O) groups is 1. The molecular weight excluding hydrogens is 238 g/mol. The molecule has 0 aliphatic heterocycles. The molecule has 1 amide bonds. The van der Waals surface area contributed by atoms with E-state index in [9.17, 15) is 4.79 Å². The lowest BCUT2D eigenvalue weighted by molar-refractivity contribution is 0.0379. The first-order valence-corrected chi connectivity index (χ1v) is 7.04. The number of alkyl carbamates (subject to hydrolysis) is 1. The highest BCUT2D eigenvalue weighted by molar-refractivity contribution is 5.67. The second-order valence-electron chi connectivity index (χ2n) is 6.13. The van der Waals surface area contributed by atoms with Crippen LogP contribution in [0.25, 0.3) is 0 Å². The molecule has 104 valence electrons. The number of ether oxygens (including phenoxy) is 1. The molecule has 1 aromatic carbocycles. The van der Waals surface area contributed by atoms with Crippen molar-refractivity contribution in [3.8, 4) is 0 Å². The Hall–Kier alpha value is -1.51. The normalized spacial score (nSPS) is 21.7. The molecule has 0 heterocycles. The third-order valence-corrected chi connectivity index (χ3v) is 3.71. The predicted octanol–water partition coefficient (Wildman–Crippen LogP) is 3.88. The minimum atomic E-state index is -0.299. The maximum absolute atomic E-state index is 11.8. The molecule has 0 aromatic heterocycles. The zero-order chi connectivity index (χ0) is 13.7. The molecule has 1 N–H and O–H groups in total. The first-order chi connectivity index (χ1) is 9.05. The van der Waals surface area contributed by atoms with E-state index in [1.807, 2.05) is 30.3 Å². The summed E-state index contributed by atoms with van der Waals surface area (Å²) in [7, 11) is 0. The lowest BCUT2D eigenvalue weighted by Gasteiger charge is -2.34. The summed E-state index contributed by atoms with van der Waals surface area (Å²) in [4.78, 5) is 11.8. The van der Waals surface area contributed by atoms with Gasteiger partial charge in [0.15, 0.2) is 0 Å². The Morgan fingerprint density at radius 1 is 1.37 bits per heavy atom. The SMILES string of the molecule is CC1(C)CCC[C@H](OC(=O)NCc2ccccc2)C1. The van der Waals surface area contributed by atoms with Crippen molar-refractivity contribution in [1.29, 1.82) is 0 Å². The summed E-state index contributed by atoms with van der Waals surface area (Å²) < 4.78 is 5.50. The number of hydrogen-bond donors (Lipinski definition) is 1. The molecule has 1 fully saturated rings. The molecule has 1 atom stereocenters. The van der Waals surface area contributed by atoms with E-state index in [0.717, 1.165) is 24.8 Å². The van der Waals surface area contributed by atoms with Crippen LogP contribution < -0.4 is 5.32 Å². The van der Waals surface area contributed by atoms with Crippen molar-refractivity contribution in [2.75, 3.05) is 0 Å². The van der Waals surface area contributed by atoms with Crippen molar-refractivity contribution in [3.05, 3.63) is 35.9 Å². The van der Waals surface area contributed by atoms with Gasteiger partial charge in [-0.3, -0.25) is 0 Å². The molecule has 0 unspecified atom stereocenters. The van der Waals surface area contributed by atoms with Crippen molar-refractivity contribution in [2.45, 2.75) is 52.2 Å². The number of carbonyl (C=O) groups excluding carboxylic acids is 1. The van der Waals surface area contributed by atoms with E-state index in [2.05, 4.69) is 19.2 Å². The van der Waals surface area contributed by atoms with Crippen LogP contribution in [0.3, 0.4) is 0 Å². The fourth-order valence-corrected chi connectivity index (χ4v) is 2.69. The monoisotopic (exact) mass is 261 g/mol. The van der Waals surface area contributed by atoms with Crippen molar-refractivity contribution < 1.29 is 9.53 Å². The Labute approximate surface area is 115 Å². The van der Waals surface area contributed by atoms with Gasteiger partial charge in [-0.1, -0.05) is 44.2 Å². The van der Waals surface area contributed by atoms with Gasteiger partial charge in [-0.2, -0.15) is 0 Å². The molecule has 1 aliphatic carbocycles. The van der Waals surface area contributed by atoms with Crippen molar-refractivity contribution in [2.24, 2.45) is 5.41 Å². The van der Waals surface area contributed by atoms with E-state index in [1.54, 1.807) is 0 Å². The summed E-state index contributed by atoms with van der Waals surface area (Å²) in [6.07, 6.45) is 4.09. The zero-order valence-electron chi connectivity index (χ0n) is 11.8. The Kier molecular flexibility index (Phi) is 4.46. The lowest BCUT2D eigenvalue weighted by atomic mass is 9.76. The minimum absolute atomic E-state index is 0.0690. The maximum Gasteiger partial charge on any atom is 0.407 e. The van der Waals surface area contributed by atoms with Crippen molar-refractivity contribution in [1.82, 2.24) is 5.32 Å². The molecule has 0 radical (unpaired) electrons. The van der Waals surface area contributed by atoms with Crippen molar-refractivity contribution in [3.63, 3.8) is 0 Å². The van der Waals surface area contributed by atoms with Crippen LogP contribution in [0.15, 0.2) is 30.3 Å². The van der Waals surface area contributed by atoms with E-state index in [0.29, 0.717) is 12.0 Å². The summed E-state index contributed by atoms with van der Waals surface area (Å²) >= 11 is 0. The third-order valence-electron chi connectivity index (χ3n) is 3.71. The highest BCUT2D eigenvalue weighted by Gasteiger charge is 2.30. The Bertz CT molecular complexity index is 414. The molecule has 1 aliphatic rings. The number of hydrogen-bond acceptors (Lipinski definition) is 2. The summed E-state index contributed by atoms with van der Waals surface area (Å²) in [5.74, 6) is 0. The topological polar surface area (TPSA) is 38.3 Å². The summed E-state index contributed by atoms with van der Waals surface area (Å²) in [6.45, 7) is 5.00. The predicted molar refractivity (Wildman–Crippen MR) is 75.8 cm³/mol. The first-order valence-electron chi connectivity index (χ1n) is 7.04. The molecule has 0 spiro atoms. The average Bonchev–Trinajstić information content (AvgIpc) is 2.36. The van der Waals surface area contributed by atoms with Gasteiger partial charge in [-0.15, -0.1) is 0 Å². The van der Waals surface area contributed by atoms with Crippen LogP contribution in [0, 0.1) is 5.41 Å². The van der Waals surface area contributed by atoms with Gasteiger partial charge in [0.25, 0.3) is 0 Å². The van der Waals surface area contributed by atoms with Crippen molar-refractivity contribution >= 4 is 6.09 Å². The number of rotatable bonds is 3. The summed E-state index contributed by atoms with van der Waals surface area (Å²) in [5, 5.41) is 2.81. The number of amides is 1. The fourth-order valence-electron chi connectivity index (χ4n) is 2.69. The van der Waals surface area contributed by atoms with Crippen LogP contribution >= 0.6 is 0 Å². The second kappa shape index (κ2) is 6.09. The maximum atomic E-state index is 11.8. The molecule has 19 heavy (non-hydrogen) atoms. The number of nitrogens with one attached hydrogen (secondary N) is 1. The average molecular weight is 261 g/mol. The highest BCUT2D eigenvalue weighted by Crippen LogP contribution is 2.36. The second-order valence-corrected chi connectivity index (χ2v) is 6.13. The van der Waals surface area contributed by atoms with E-state index < -0.39 is 0 Å². The highest BCUT2D eigenvalue weighted by atomic mass is 16.6. The quantitative estimate of drug-likeness (QED) is 0.896. The van der Waals surface area contributed by atoms with E-state index in [4.69, 9.17) is 4.74 Å². The molecule has 1 saturated carbocycles. The molecule has 1 aromatic rings. The van der Waals surface area contributed by atoms with Crippen LogP contribution in [0.1, 0.15) is 45.1 Å². The summed E-state index contributed by atoms with van der Waals surface area (Å²) in [6, 6.07) is 9.87. The lowest BCUT2D eigenvalue weighted by Crippen LogP contribution is -2.34. The van der Waals surface area contributed by atoms with Crippen LogP contribution in [0.5, 0.6) is 0 Å².